The average Bonchev–Trinajstić information content (AvgIpc) is 2.55. The van der Waals surface area contributed by atoms with Crippen LogP contribution in [0.4, 0.5) is 11.4 Å². The minimum Gasteiger partial charge on any atom is -0.495 e. The lowest BCUT2D eigenvalue weighted by atomic mass is 10.1. The summed E-state index contributed by atoms with van der Waals surface area (Å²) >= 11 is 0. The normalized spacial score (nSPS) is 15.1. The molecule has 0 saturated carbocycles. The van der Waals surface area contributed by atoms with E-state index in [2.05, 4.69) is 53.1 Å². The first-order valence-corrected chi connectivity index (χ1v) is 7.48. The largest absolute Gasteiger partial charge is 0.495 e. The molecule has 1 aliphatic heterocycles. The fraction of sp³-hybridized carbons (Fsp3) is 0.333. The van der Waals surface area contributed by atoms with Crippen LogP contribution in [-0.4, -0.2) is 33.3 Å². The zero-order valence-electron chi connectivity index (χ0n) is 12.7. The van der Waals surface area contributed by atoms with Crippen LogP contribution in [0.5, 0.6) is 5.75 Å². The quantitative estimate of drug-likeness (QED) is 0.859. The molecule has 0 unspecified atom stereocenters. The highest BCUT2D eigenvalue weighted by Gasteiger charge is 2.20. The Hall–Kier alpha value is -2.16. The molecule has 3 nitrogen and oxygen atoms in total. The van der Waals surface area contributed by atoms with Crippen LogP contribution in [0.1, 0.15) is 5.56 Å². The second kappa shape index (κ2) is 6.08. The topological polar surface area (TPSA) is 15.7 Å². The van der Waals surface area contributed by atoms with Gasteiger partial charge >= 0.3 is 0 Å². The first kappa shape index (κ1) is 13.8. The van der Waals surface area contributed by atoms with Gasteiger partial charge in [-0.2, -0.15) is 0 Å². The van der Waals surface area contributed by atoms with Gasteiger partial charge in [0, 0.05) is 31.9 Å². The Morgan fingerprint density at radius 1 is 0.762 bits per heavy atom. The van der Waals surface area contributed by atoms with Gasteiger partial charge < -0.3 is 14.5 Å². The van der Waals surface area contributed by atoms with Crippen LogP contribution >= 0.6 is 0 Å². The first-order valence-electron chi connectivity index (χ1n) is 7.48. The standard InChI is InChI=1S/C18H22N2O/c1-15-7-3-4-8-16(15)19-11-13-20(14-12-19)17-9-5-6-10-18(17)21-2/h3-10H,11-14H2,1-2H3. The van der Waals surface area contributed by atoms with Gasteiger partial charge in [0.2, 0.25) is 0 Å². The molecule has 2 aromatic carbocycles. The summed E-state index contributed by atoms with van der Waals surface area (Å²) in [7, 11) is 1.74. The van der Waals surface area contributed by atoms with E-state index in [-0.39, 0.29) is 0 Å². The van der Waals surface area contributed by atoms with Crippen molar-refractivity contribution >= 4 is 11.4 Å². The fourth-order valence-corrected chi connectivity index (χ4v) is 3.00. The van der Waals surface area contributed by atoms with E-state index in [0.717, 1.165) is 31.9 Å². The van der Waals surface area contributed by atoms with Crippen molar-refractivity contribution in [2.45, 2.75) is 6.92 Å². The van der Waals surface area contributed by atoms with Gasteiger partial charge in [0.15, 0.2) is 0 Å². The molecule has 1 aliphatic rings. The highest BCUT2D eigenvalue weighted by Crippen LogP contribution is 2.29. The lowest BCUT2D eigenvalue weighted by molar-refractivity contribution is 0.413. The van der Waals surface area contributed by atoms with Crippen LogP contribution in [-0.2, 0) is 0 Å². The monoisotopic (exact) mass is 282 g/mol. The van der Waals surface area contributed by atoms with Gasteiger partial charge in [0.05, 0.1) is 12.8 Å². The van der Waals surface area contributed by atoms with Crippen molar-refractivity contribution in [3.63, 3.8) is 0 Å². The van der Waals surface area contributed by atoms with E-state index in [1.54, 1.807) is 7.11 Å². The fourth-order valence-electron chi connectivity index (χ4n) is 3.00. The Balaban J connectivity index is 1.72. The van der Waals surface area contributed by atoms with Gasteiger partial charge in [-0.1, -0.05) is 30.3 Å². The summed E-state index contributed by atoms with van der Waals surface area (Å²) in [5, 5.41) is 0. The summed E-state index contributed by atoms with van der Waals surface area (Å²) in [6.45, 7) is 6.32. The van der Waals surface area contributed by atoms with E-state index < -0.39 is 0 Å². The van der Waals surface area contributed by atoms with Crippen molar-refractivity contribution in [1.82, 2.24) is 0 Å². The van der Waals surface area contributed by atoms with Crippen molar-refractivity contribution < 1.29 is 4.74 Å². The lowest BCUT2D eigenvalue weighted by Gasteiger charge is -2.38. The summed E-state index contributed by atoms with van der Waals surface area (Å²) in [5.74, 6) is 0.960. The maximum atomic E-state index is 5.47. The summed E-state index contributed by atoms with van der Waals surface area (Å²) in [6, 6.07) is 16.9. The third-order valence-corrected chi connectivity index (χ3v) is 4.16. The minimum absolute atomic E-state index is 0.960. The first-order chi connectivity index (χ1) is 10.3. The zero-order valence-corrected chi connectivity index (χ0v) is 12.7. The van der Waals surface area contributed by atoms with Crippen molar-refractivity contribution in [3.05, 3.63) is 54.1 Å². The summed E-state index contributed by atoms with van der Waals surface area (Å²) in [6.07, 6.45) is 0. The van der Waals surface area contributed by atoms with E-state index in [1.165, 1.54) is 16.9 Å². The third kappa shape index (κ3) is 2.82. The summed E-state index contributed by atoms with van der Waals surface area (Å²) in [5.41, 5.74) is 3.91. The van der Waals surface area contributed by atoms with Crippen LogP contribution in [0, 0.1) is 6.92 Å². The molecule has 0 N–H and O–H groups in total. The number of ether oxygens (including phenoxy) is 1. The highest BCUT2D eigenvalue weighted by molar-refractivity contribution is 5.60. The molecular weight excluding hydrogens is 260 g/mol. The second-order valence-electron chi connectivity index (χ2n) is 5.43. The molecule has 3 rings (SSSR count). The van der Waals surface area contributed by atoms with Gasteiger partial charge in [-0.25, -0.2) is 0 Å². The molecule has 0 radical (unpaired) electrons. The number of benzene rings is 2. The highest BCUT2D eigenvalue weighted by atomic mass is 16.5. The smallest absolute Gasteiger partial charge is 0.142 e. The number of piperazine rings is 1. The molecule has 0 bridgehead atoms. The molecule has 21 heavy (non-hydrogen) atoms. The van der Waals surface area contributed by atoms with E-state index in [0.29, 0.717) is 0 Å². The Morgan fingerprint density at radius 2 is 1.29 bits per heavy atom. The second-order valence-corrected chi connectivity index (χ2v) is 5.43. The van der Waals surface area contributed by atoms with Gasteiger partial charge in [0.1, 0.15) is 5.75 Å². The van der Waals surface area contributed by atoms with Crippen LogP contribution in [0.2, 0.25) is 0 Å². The van der Waals surface area contributed by atoms with Crippen LogP contribution in [0.25, 0.3) is 0 Å². The van der Waals surface area contributed by atoms with E-state index in [4.69, 9.17) is 4.74 Å². The number of hydrogen-bond acceptors (Lipinski definition) is 3. The molecular formula is C18H22N2O. The van der Waals surface area contributed by atoms with Gasteiger partial charge in [-0.15, -0.1) is 0 Å². The van der Waals surface area contributed by atoms with Gasteiger partial charge in [-0.3, -0.25) is 0 Å². The van der Waals surface area contributed by atoms with Gasteiger partial charge in [0.25, 0.3) is 0 Å². The number of nitrogens with zero attached hydrogens (tertiary/aromatic N) is 2. The average molecular weight is 282 g/mol. The number of aryl methyl sites for hydroxylation is 1. The number of anilines is 2. The molecule has 1 heterocycles. The van der Waals surface area contributed by atoms with Crippen molar-refractivity contribution in [1.29, 1.82) is 0 Å². The molecule has 0 aliphatic carbocycles. The Kier molecular flexibility index (Phi) is 4.00. The maximum absolute atomic E-state index is 5.47. The Morgan fingerprint density at radius 3 is 1.90 bits per heavy atom. The molecule has 2 aromatic rings. The SMILES string of the molecule is COc1ccccc1N1CCN(c2ccccc2C)CC1. The third-order valence-electron chi connectivity index (χ3n) is 4.16. The molecule has 0 aromatic heterocycles. The molecule has 0 spiro atoms. The molecule has 0 amide bonds. The predicted molar refractivity (Wildman–Crippen MR) is 88.6 cm³/mol. The molecule has 3 heteroatoms. The van der Waals surface area contributed by atoms with Crippen LogP contribution in [0.15, 0.2) is 48.5 Å². The Bertz CT molecular complexity index is 604. The van der Waals surface area contributed by atoms with Crippen LogP contribution in [0.3, 0.4) is 0 Å². The molecule has 0 atom stereocenters. The zero-order chi connectivity index (χ0) is 14.7. The van der Waals surface area contributed by atoms with E-state index >= 15 is 0 Å². The Labute approximate surface area is 126 Å². The lowest BCUT2D eigenvalue weighted by Crippen LogP contribution is -2.46. The van der Waals surface area contributed by atoms with E-state index in [1.807, 2.05) is 12.1 Å². The maximum Gasteiger partial charge on any atom is 0.142 e. The predicted octanol–water partition coefficient (Wildman–Crippen LogP) is 3.33. The molecule has 110 valence electrons. The number of para-hydroxylation sites is 3. The molecule has 1 fully saturated rings. The number of methoxy groups -OCH3 is 1. The summed E-state index contributed by atoms with van der Waals surface area (Å²) < 4.78 is 5.47. The molecule has 1 saturated heterocycles. The van der Waals surface area contributed by atoms with Gasteiger partial charge in [-0.05, 0) is 30.7 Å². The number of rotatable bonds is 3. The van der Waals surface area contributed by atoms with Crippen molar-refractivity contribution in [3.8, 4) is 5.75 Å². The van der Waals surface area contributed by atoms with Crippen LogP contribution < -0.4 is 14.5 Å². The van der Waals surface area contributed by atoms with Crippen molar-refractivity contribution in [2.24, 2.45) is 0 Å². The van der Waals surface area contributed by atoms with Crippen molar-refractivity contribution in [2.75, 3.05) is 43.1 Å². The minimum atomic E-state index is 0.960. The number of hydrogen-bond donors (Lipinski definition) is 0. The summed E-state index contributed by atoms with van der Waals surface area (Å²) in [4.78, 5) is 4.88. The van der Waals surface area contributed by atoms with E-state index in [9.17, 15) is 0 Å².